The molecule has 0 aliphatic heterocycles. The Hall–Kier alpha value is -2.45. The minimum absolute atomic E-state index is 0.322. The van der Waals surface area contributed by atoms with Crippen LogP contribution in [0.1, 0.15) is 15.9 Å². The zero-order valence-electron chi connectivity index (χ0n) is 9.09. The first kappa shape index (κ1) is 12.0. The van der Waals surface area contributed by atoms with Crippen LogP contribution >= 0.6 is 11.6 Å². The molecule has 0 saturated heterocycles. The van der Waals surface area contributed by atoms with Crippen molar-refractivity contribution in [2.45, 2.75) is 0 Å². The molecule has 2 rings (SSSR count). The van der Waals surface area contributed by atoms with E-state index in [0.29, 0.717) is 22.1 Å². The summed E-state index contributed by atoms with van der Waals surface area (Å²) in [5.41, 5.74) is 0.812. The zero-order valence-corrected chi connectivity index (χ0v) is 9.85. The number of aromatic nitrogens is 2. The Kier molecular flexibility index (Phi) is 3.51. The first-order valence-corrected chi connectivity index (χ1v) is 5.36. The first-order valence-electron chi connectivity index (χ1n) is 4.98. The maximum Gasteiger partial charge on any atom is 0.258 e. The summed E-state index contributed by atoms with van der Waals surface area (Å²) < 4.78 is 0. The molecule has 0 aliphatic carbocycles. The van der Waals surface area contributed by atoms with Gasteiger partial charge in [-0.05, 0) is 24.3 Å². The van der Waals surface area contributed by atoms with Crippen LogP contribution in [0.4, 0.5) is 5.82 Å². The van der Waals surface area contributed by atoms with Crippen molar-refractivity contribution in [3.63, 3.8) is 0 Å². The van der Waals surface area contributed by atoms with Gasteiger partial charge in [-0.3, -0.25) is 4.79 Å². The van der Waals surface area contributed by atoms with Crippen LogP contribution in [0.5, 0.6) is 0 Å². The topological polar surface area (TPSA) is 78.7 Å². The molecule has 0 unspecified atom stereocenters. The summed E-state index contributed by atoms with van der Waals surface area (Å²) in [5, 5.41) is 11.5. The van der Waals surface area contributed by atoms with Gasteiger partial charge in [-0.2, -0.15) is 5.26 Å². The predicted octanol–water partition coefficient (Wildman–Crippen LogP) is 2.25. The maximum absolute atomic E-state index is 11.8. The van der Waals surface area contributed by atoms with E-state index in [9.17, 15) is 4.79 Å². The normalized spacial score (nSPS) is 9.56. The minimum Gasteiger partial charge on any atom is -0.307 e. The van der Waals surface area contributed by atoms with Crippen LogP contribution in [0.15, 0.2) is 36.7 Å². The highest BCUT2D eigenvalue weighted by Gasteiger charge is 2.07. The molecular formula is C12H7ClN4O. The third kappa shape index (κ3) is 2.81. The number of pyridine rings is 2. The summed E-state index contributed by atoms with van der Waals surface area (Å²) >= 11 is 5.62. The van der Waals surface area contributed by atoms with Gasteiger partial charge in [0.15, 0.2) is 0 Å². The van der Waals surface area contributed by atoms with Crippen LogP contribution in [0, 0.1) is 11.3 Å². The second-order valence-corrected chi connectivity index (χ2v) is 3.75. The fraction of sp³-hybridized carbons (Fsp3) is 0. The summed E-state index contributed by atoms with van der Waals surface area (Å²) in [6.07, 6.45) is 2.76. The first-order chi connectivity index (χ1) is 8.69. The fourth-order valence-electron chi connectivity index (χ4n) is 1.23. The van der Waals surface area contributed by atoms with Crippen molar-refractivity contribution in [1.29, 1.82) is 5.26 Å². The molecule has 0 aromatic carbocycles. The van der Waals surface area contributed by atoms with Crippen molar-refractivity contribution in [1.82, 2.24) is 9.97 Å². The standard InChI is InChI=1S/C12H7ClN4O/c13-10-3-2-9(7-15-10)12(18)17-11-4-1-8(5-14)6-16-11/h1-4,6-7H,(H,16,17,18). The van der Waals surface area contributed by atoms with E-state index in [1.54, 1.807) is 18.2 Å². The van der Waals surface area contributed by atoms with Crippen LogP contribution in [-0.2, 0) is 0 Å². The van der Waals surface area contributed by atoms with Crippen LogP contribution in [0.2, 0.25) is 5.15 Å². The lowest BCUT2D eigenvalue weighted by Gasteiger charge is -2.03. The van der Waals surface area contributed by atoms with E-state index < -0.39 is 0 Å². The van der Waals surface area contributed by atoms with Crippen molar-refractivity contribution < 1.29 is 4.79 Å². The number of hydrogen-bond acceptors (Lipinski definition) is 4. The van der Waals surface area contributed by atoms with E-state index in [0.717, 1.165) is 0 Å². The van der Waals surface area contributed by atoms with Crippen LogP contribution in [0.25, 0.3) is 0 Å². The van der Waals surface area contributed by atoms with Gasteiger partial charge in [0.05, 0.1) is 11.1 Å². The van der Waals surface area contributed by atoms with Gasteiger partial charge >= 0.3 is 0 Å². The van der Waals surface area contributed by atoms with Gasteiger partial charge in [0.2, 0.25) is 0 Å². The highest BCUT2D eigenvalue weighted by molar-refractivity contribution is 6.29. The Morgan fingerprint density at radius 2 is 2.06 bits per heavy atom. The number of carbonyl (C=O) groups excluding carboxylic acids is 1. The number of amides is 1. The summed E-state index contributed by atoms with van der Waals surface area (Å²) in [6, 6.07) is 8.17. The zero-order chi connectivity index (χ0) is 13.0. The summed E-state index contributed by atoms with van der Waals surface area (Å²) in [4.78, 5) is 19.5. The number of halogens is 1. The van der Waals surface area contributed by atoms with Crippen molar-refractivity contribution in [2.24, 2.45) is 0 Å². The van der Waals surface area contributed by atoms with E-state index in [1.807, 2.05) is 6.07 Å². The van der Waals surface area contributed by atoms with E-state index in [4.69, 9.17) is 16.9 Å². The van der Waals surface area contributed by atoms with Gasteiger partial charge in [0, 0.05) is 12.4 Å². The molecule has 5 nitrogen and oxygen atoms in total. The van der Waals surface area contributed by atoms with Gasteiger partial charge in [-0.15, -0.1) is 0 Å². The number of nitrogens with one attached hydrogen (secondary N) is 1. The van der Waals surface area contributed by atoms with Crippen LogP contribution < -0.4 is 5.32 Å². The summed E-state index contributed by atoms with van der Waals surface area (Å²) in [6.45, 7) is 0. The molecule has 2 heterocycles. The fourth-order valence-corrected chi connectivity index (χ4v) is 1.34. The molecule has 18 heavy (non-hydrogen) atoms. The maximum atomic E-state index is 11.8. The lowest BCUT2D eigenvalue weighted by atomic mass is 10.2. The SMILES string of the molecule is N#Cc1ccc(NC(=O)c2ccc(Cl)nc2)nc1. The highest BCUT2D eigenvalue weighted by atomic mass is 35.5. The number of anilines is 1. The van der Waals surface area contributed by atoms with E-state index in [2.05, 4.69) is 15.3 Å². The molecular weight excluding hydrogens is 252 g/mol. The van der Waals surface area contributed by atoms with Crippen LogP contribution in [0.3, 0.4) is 0 Å². The van der Waals surface area contributed by atoms with Gasteiger partial charge in [0.1, 0.15) is 17.0 Å². The lowest BCUT2D eigenvalue weighted by molar-refractivity contribution is 0.102. The third-order valence-corrected chi connectivity index (χ3v) is 2.35. The molecule has 0 radical (unpaired) electrons. The Bertz CT molecular complexity index is 601. The summed E-state index contributed by atoms with van der Waals surface area (Å²) in [5.74, 6) is 0.0327. The number of hydrogen-bond donors (Lipinski definition) is 1. The second kappa shape index (κ2) is 5.25. The molecule has 0 bridgehead atoms. The van der Waals surface area contributed by atoms with E-state index in [1.165, 1.54) is 18.5 Å². The number of nitriles is 1. The molecule has 0 aliphatic rings. The Morgan fingerprint density at radius 3 is 2.61 bits per heavy atom. The van der Waals surface area contributed by atoms with Crippen molar-refractivity contribution in [3.8, 4) is 6.07 Å². The molecule has 1 N–H and O–H groups in total. The molecule has 0 saturated carbocycles. The van der Waals surface area contributed by atoms with Gasteiger partial charge in [0.25, 0.3) is 5.91 Å². The quantitative estimate of drug-likeness (QED) is 0.838. The number of carbonyl (C=O) groups is 1. The van der Waals surface area contributed by atoms with E-state index in [-0.39, 0.29) is 5.91 Å². The van der Waals surface area contributed by atoms with Gasteiger partial charge in [-0.1, -0.05) is 11.6 Å². The smallest absolute Gasteiger partial charge is 0.258 e. The molecule has 0 spiro atoms. The average molecular weight is 259 g/mol. The predicted molar refractivity (Wildman–Crippen MR) is 66.2 cm³/mol. The average Bonchev–Trinajstić information content (AvgIpc) is 2.40. The van der Waals surface area contributed by atoms with Crippen molar-refractivity contribution >= 4 is 23.3 Å². The molecule has 2 aromatic rings. The monoisotopic (exact) mass is 258 g/mol. The Labute approximate surface area is 108 Å². The lowest BCUT2D eigenvalue weighted by Crippen LogP contribution is -2.13. The molecule has 1 amide bonds. The number of rotatable bonds is 2. The highest BCUT2D eigenvalue weighted by Crippen LogP contribution is 2.09. The molecule has 0 atom stereocenters. The van der Waals surface area contributed by atoms with Crippen molar-refractivity contribution in [2.75, 3.05) is 5.32 Å². The van der Waals surface area contributed by atoms with Crippen LogP contribution in [-0.4, -0.2) is 15.9 Å². The Balaban J connectivity index is 2.11. The third-order valence-electron chi connectivity index (χ3n) is 2.12. The molecule has 2 aromatic heterocycles. The largest absolute Gasteiger partial charge is 0.307 e. The molecule has 88 valence electrons. The number of nitrogens with zero attached hydrogens (tertiary/aromatic N) is 3. The van der Waals surface area contributed by atoms with Gasteiger partial charge < -0.3 is 5.32 Å². The van der Waals surface area contributed by atoms with E-state index >= 15 is 0 Å². The molecule has 6 heteroatoms. The van der Waals surface area contributed by atoms with Gasteiger partial charge in [-0.25, -0.2) is 9.97 Å². The summed E-state index contributed by atoms with van der Waals surface area (Å²) in [7, 11) is 0. The Morgan fingerprint density at radius 1 is 1.22 bits per heavy atom. The molecule has 0 fully saturated rings. The van der Waals surface area contributed by atoms with Crippen molar-refractivity contribution in [3.05, 3.63) is 52.9 Å². The minimum atomic E-state index is -0.337. The second-order valence-electron chi connectivity index (χ2n) is 3.37.